The summed E-state index contributed by atoms with van der Waals surface area (Å²) in [4.78, 5) is 0. The van der Waals surface area contributed by atoms with Gasteiger partial charge in [-0.1, -0.05) is 19.0 Å². The van der Waals surface area contributed by atoms with Crippen LogP contribution in [0.15, 0.2) is 5.16 Å². The summed E-state index contributed by atoms with van der Waals surface area (Å²) in [7, 11) is 0. The molecule has 3 heteroatoms. The van der Waals surface area contributed by atoms with E-state index in [2.05, 4.69) is 19.0 Å². The van der Waals surface area contributed by atoms with Crippen LogP contribution in [0.4, 0.5) is 0 Å². The highest BCUT2D eigenvalue weighted by molar-refractivity contribution is 5.93. The van der Waals surface area contributed by atoms with Crippen LogP contribution in [-0.4, -0.2) is 21.6 Å². The van der Waals surface area contributed by atoms with E-state index in [0.29, 0.717) is 23.0 Å². The molecule has 0 radical (unpaired) electrons. The molecule has 0 unspecified atom stereocenters. The molecule has 2 rings (SSSR count). The maximum Gasteiger partial charge on any atom is 0.103 e. The molecule has 74 valence electrons. The SMILES string of the molecule is CC1(C)[C@@H]2C/C(=N\O)[C@](C)(O)C[C@@H]21. The van der Waals surface area contributed by atoms with Crippen molar-refractivity contribution in [1.29, 1.82) is 0 Å². The Kier molecular flexibility index (Phi) is 1.57. The van der Waals surface area contributed by atoms with E-state index >= 15 is 0 Å². The van der Waals surface area contributed by atoms with Crippen molar-refractivity contribution in [1.82, 2.24) is 0 Å². The van der Waals surface area contributed by atoms with Gasteiger partial charge in [0.15, 0.2) is 0 Å². The maximum absolute atomic E-state index is 9.97. The standard InChI is InChI=1S/C10H17NO2/c1-9(2)6-4-8(11-13)10(3,12)5-7(6)9/h6-7,12-13H,4-5H2,1-3H3/b11-8+/t6-,7+,10-/m1/s1. The van der Waals surface area contributed by atoms with Crippen molar-refractivity contribution in [2.75, 3.05) is 0 Å². The van der Waals surface area contributed by atoms with Crippen molar-refractivity contribution in [3.8, 4) is 0 Å². The van der Waals surface area contributed by atoms with Gasteiger partial charge in [0, 0.05) is 0 Å². The van der Waals surface area contributed by atoms with Gasteiger partial charge in [-0.15, -0.1) is 0 Å². The Bertz CT molecular complexity index is 268. The van der Waals surface area contributed by atoms with Crippen LogP contribution in [0.5, 0.6) is 0 Å². The zero-order valence-corrected chi connectivity index (χ0v) is 8.41. The number of oxime groups is 1. The van der Waals surface area contributed by atoms with Gasteiger partial charge < -0.3 is 10.3 Å². The van der Waals surface area contributed by atoms with E-state index in [4.69, 9.17) is 5.21 Å². The fraction of sp³-hybridized carbons (Fsp3) is 0.900. The predicted octanol–water partition coefficient (Wildman–Crippen LogP) is 1.63. The molecule has 2 aliphatic rings. The Labute approximate surface area is 78.4 Å². The second kappa shape index (κ2) is 2.27. The van der Waals surface area contributed by atoms with Gasteiger partial charge in [-0.3, -0.25) is 0 Å². The lowest BCUT2D eigenvalue weighted by Gasteiger charge is -2.27. The summed E-state index contributed by atoms with van der Waals surface area (Å²) in [6.45, 7) is 6.18. The summed E-state index contributed by atoms with van der Waals surface area (Å²) >= 11 is 0. The molecule has 0 aromatic heterocycles. The minimum atomic E-state index is -0.885. The highest BCUT2D eigenvalue weighted by Gasteiger charge is 2.63. The Morgan fingerprint density at radius 2 is 1.92 bits per heavy atom. The smallest absolute Gasteiger partial charge is 0.103 e. The highest BCUT2D eigenvalue weighted by atomic mass is 16.4. The van der Waals surface area contributed by atoms with E-state index in [1.54, 1.807) is 6.92 Å². The normalized spacial score (nSPS) is 50.3. The minimum absolute atomic E-state index is 0.330. The number of fused-ring (bicyclic) bond motifs is 1. The molecule has 0 bridgehead atoms. The van der Waals surface area contributed by atoms with Gasteiger partial charge >= 0.3 is 0 Å². The fourth-order valence-corrected chi connectivity index (χ4v) is 2.79. The largest absolute Gasteiger partial charge is 0.411 e. The molecule has 0 aromatic carbocycles. The zero-order valence-electron chi connectivity index (χ0n) is 8.41. The summed E-state index contributed by atoms with van der Waals surface area (Å²) < 4.78 is 0. The first kappa shape index (κ1) is 9.00. The Morgan fingerprint density at radius 3 is 2.46 bits per heavy atom. The molecule has 0 saturated heterocycles. The van der Waals surface area contributed by atoms with Crippen LogP contribution in [0.25, 0.3) is 0 Å². The molecule has 0 aliphatic heterocycles. The molecule has 2 saturated carbocycles. The van der Waals surface area contributed by atoms with Crippen molar-refractivity contribution in [3.05, 3.63) is 0 Å². The monoisotopic (exact) mass is 183 g/mol. The number of aliphatic hydroxyl groups is 1. The van der Waals surface area contributed by atoms with E-state index in [0.717, 1.165) is 12.8 Å². The van der Waals surface area contributed by atoms with Gasteiger partial charge in [-0.25, -0.2) is 0 Å². The van der Waals surface area contributed by atoms with Crippen LogP contribution < -0.4 is 0 Å². The van der Waals surface area contributed by atoms with Gasteiger partial charge in [0.05, 0.1) is 5.71 Å². The number of nitrogens with zero attached hydrogens (tertiary/aromatic N) is 1. The molecule has 3 nitrogen and oxygen atoms in total. The van der Waals surface area contributed by atoms with Gasteiger partial charge in [0.25, 0.3) is 0 Å². The lowest BCUT2D eigenvalue weighted by Crippen LogP contribution is -2.39. The highest BCUT2D eigenvalue weighted by Crippen LogP contribution is 2.65. The molecule has 3 atom stereocenters. The van der Waals surface area contributed by atoms with Crippen LogP contribution in [0.3, 0.4) is 0 Å². The van der Waals surface area contributed by atoms with Crippen molar-refractivity contribution in [3.63, 3.8) is 0 Å². The van der Waals surface area contributed by atoms with E-state index in [1.165, 1.54) is 0 Å². The van der Waals surface area contributed by atoms with Crippen molar-refractivity contribution in [2.45, 2.75) is 39.2 Å². The molecule has 2 fully saturated rings. The van der Waals surface area contributed by atoms with Crippen molar-refractivity contribution in [2.24, 2.45) is 22.4 Å². The van der Waals surface area contributed by atoms with Crippen LogP contribution in [0, 0.1) is 17.3 Å². The van der Waals surface area contributed by atoms with E-state index < -0.39 is 5.60 Å². The first-order chi connectivity index (χ1) is 5.89. The molecular weight excluding hydrogens is 166 g/mol. The summed E-state index contributed by atoms with van der Waals surface area (Å²) in [5, 5.41) is 21.9. The Morgan fingerprint density at radius 1 is 1.31 bits per heavy atom. The van der Waals surface area contributed by atoms with E-state index in [1.807, 2.05) is 0 Å². The third-order valence-electron chi connectivity index (χ3n) is 4.06. The molecule has 0 amide bonds. The lowest BCUT2D eigenvalue weighted by molar-refractivity contribution is 0.0971. The van der Waals surface area contributed by atoms with Crippen molar-refractivity contribution >= 4 is 5.71 Å². The third-order valence-corrected chi connectivity index (χ3v) is 4.06. The summed E-state index contributed by atoms with van der Waals surface area (Å²) in [5.74, 6) is 1.21. The summed E-state index contributed by atoms with van der Waals surface area (Å²) in [5.41, 5.74) is -0.000509. The topological polar surface area (TPSA) is 52.8 Å². The second-order valence-electron chi connectivity index (χ2n) is 5.26. The van der Waals surface area contributed by atoms with Crippen LogP contribution >= 0.6 is 0 Å². The van der Waals surface area contributed by atoms with E-state index in [9.17, 15) is 5.11 Å². The lowest BCUT2D eigenvalue weighted by atomic mass is 9.85. The van der Waals surface area contributed by atoms with E-state index in [-0.39, 0.29) is 0 Å². The molecular formula is C10H17NO2. The second-order valence-corrected chi connectivity index (χ2v) is 5.26. The molecule has 2 N–H and O–H groups in total. The zero-order chi connectivity index (χ0) is 9.85. The molecule has 0 spiro atoms. The Hall–Kier alpha value is -0.570. The number of hydrogen-bond donors (Lipinski definition) is 2. The van der Waals surface area contributed by atoms with Gasteiger partial charge in [0.1, 0.15) is 5.60 Å². The molecule has 13 heavy (non-hydrogen) atoms. The maximum atomic E-state index is 9.97. The first-order valence-electron chi connectivity index (χ1n) is 4.83. The summed E-state index contributed by atoms with van der Waals surface area (Å²) in [6.07, 6.45) is 1.49. The fourth-order valence-electron chi connectivity index (χ4n) is 2.79. The average molecular weight is 183 g/mol. The Balaban J connectivity index is 2.22. The quantitative estimate of drug-likeness (QED) is 0.443. The minimum Gasteiger partial charge on any atom is -0.411 e. The van der Waals surface area contributed by atoms with Crippen molar-refractivity contribution < 1.29 is 10.3 Å². The molecule has 2 aliphatic carbocycles. The predicted molar refractivity (Wildman–Crippen MR) is 49.8 cm³/mol. The van der Waals surface area contributed by atoms with Crippen LogP contribution in [0.2, 0.25) is 0 Å². The first-order valence-corrected chi connectivity index (χ1v) is 4.83. The number of rotatable bonds is 0. The van der Waals surface area contributed by atoms with Gasteiger partial charge in [-0.2, -0.15) is 0 Å². The van der Waals surface area contributed by atoms with Gasteiger partial charge in [-0.05, 0) is 37.0 Å². The number of hydrogen-bond acceptors (Lipinski definition) is 3. The van der Waals surface area contributed by atoms with Crippen LogP contribution in [0.1, 0.15) is 33.6 Å². The van der Waals surface area contributed by atoms with Gasteiger partial charge in [0.2, 0.25) is 0 Å². The molecule has 0 heterocycles. The molecule has 0 aromatic rings. The van der Waals surface area contributed by atoms with Crippen LogP contribution in [-0.2, 0) is 0 Å². The third kappa shape index (κ3) is 1.10. The summed E-state index contributed by atoms with van der Waals surface area (Å²) in [6, 6.07) is 0. The average Bonchev–Trinajstić information content (AvgIpc) is 2.50.